The van der Waals surface area contributed by atoms with E-state index in [9.17, 15) is 0 Å². The summed E-state index contributed by atoms with van der Waals surface area (Å²) < 4.78 is 0. The van der Waals surface area contributed by atoms with Crippen molar-refractivity contribution in [3.8, 4) is 11.1 Å². The number of allylic oxidation sites excluding steroid dienone is 4. The molecule has 2 aliphatic rings. The van der Waals surface area contributed by atoms with Crippen molar-refractivity contribution in [2.75, 3.05) is 0 Å². The lowest BCUT2D eigenvalue weighted by Crippen LogP contribution is -2.30. The molecule has 0 aromatic heterocycles. The first kappa shape index (κ1) is 15.4. The van der Waals surface area contributed by atoms with Crippen LogP contribution >= 0.6 is 0 Å². The number of unbranched alkanes of at least 4 members (excludes halogenated alkanes) is 1. The lowest BCUT2D eigenvalue weighted by Gasteiger charge is -2.36. The van der Waals surface area contributed by atoms with Crippen LogP contribution in [-0.4, -0.2) is 0 Å². The van der Waals surface area contributed by atoms with Gasteiger partial charge in [-0.2, -0.15) is 0 Å². The van der Waals surface area contributed by atoms with Crippen molar-refractivity contribution in [3.05, 3.63) is 83.5 Å². The molecule has 0 aliphatic heterocycles. The molecule has 2 aliphatic carbocycles. The Balaban J connectivity index is 1.83. The van der Waals surface area contributed by atoms with Crippen LogP contribution in [0.4, 0.5) is 0 Å². The Morgan fingerprint density at radius 3 is 2.50 bits per heavy atom. The second-order valence-electron chi connectivity index (χ2n) is 7.48. The van der Waals surface area contributed by atoms with Crippen LogP contribution in [0.3, 0.4) is 0 Å². The topological polar surface area (TPSA) is 0 Å². The summed E-state index contributed by atoms with van der Waals surface area (Å²) in [6, 6.07) is 15.9. The fourth-order valence-electron chi connectivity index (χ4n) is 4.57. The summed E-state index contributed by atoms with van der Waals surface area (Å²) in [4.78, 5) is 0. The Morgan fingerprint density at radius 1 is 0.958 bits per heavy atom. The third-order valence-corrected chi connectivity index (χ3v) is 6.00. The van der Waals surface area contributed by atoms with Gasteiger partial charge < -0.3 is 0 Å². The molecule has 4 rings (SSSR count). The first-order chi connectivity index (χ1) is 11.7. The zero-order chi connectivity index (χ0) is 16.6. The van der Waals surface area contributed by atoms with Gasteiger partial charge in [-0.05, 0) is 40.7 Å². The predicted octanol–water partition coefficient (Wildman–Crippen LogP) is 6.45. The number of hydrogen-bond donors (Lipinski definition) is 0. The van der Waals surface area contributed by atoms with Crippen molar-refractivity contribution in [2.45, 2.75) is 44.9 Å². The molecule has 0 fully saturated rings. The van der Waals surface area contributed by atoms with Gasteiger partial charge in [0.1, 0.15) is 0 Å². The molecule has 2 aromatic rings. The lowest BCUT2D eigenvalue weighted by atomic mass is 9.67. The van der Waals surface area contributed by atoms with Crippen molar-refractivity contribution in [1.82, 2.24) is 0 Å². The van der Waals surface area contributed by atoms with Gasteiger partial charge in [0.2, 0.25) is 0 Å². The van der Waals surface area contributed by atoms with Gasteiger partial charge >= 0.3 is 0 Å². The molecular formula is C24H26. The van der Waals surface area contributed by atoms with Crippen molar-refractivity contribution in [2.24, 2.45) is 5.92 Å². The number of fused-ring (bicyclic) bond motifs is 3. The van der Waals surface area contributed by atoms with Gasteiger partial charge in [-0.3, -0.25) is 0 Å². The van der Waals surface area contributed by atoms with E-state index in [0.717, 1.165) is 6.42 Å². The second-order valence-corrected chi connectivity index (χ2v) is 7.48. The van der Waals surface area contributed by atoms with E-state index in [2.05, 4.69) is 80.6 Å². The third kappa shape index (κ3) is 2.36. The highest BCUT2D eigenvalue weighted by atomic mass is 14.4. The Kier molecular flexibility index (Phi) is 3.92. The maximum Gasteiger partial charge on any atom is 0.00472 e. The van der Waals surface area contributed by atoms with Crippen LogP contribution in [0.2, 0.25) is 0 Å². The maximum atomic E-state index is 2.48. The highest BCUT2D eigenvalue weighted by Crippen LogP contribution is 2.47. The zero-order valence-corrected chi connectivity index (χ0v) is 14.8. The number of rotatable bonds is 5. The quantitative estimate of drug-likeness (QED) is 0.508. The summed E-state index contributed by atoms with van der Waals surface area (Å²) >= 11 is 0. The molecule has 0 nitrogen and oxygen atoms in total. The van der Waals surface area contributed by atoms with Crippen molar-refractivity contribution >= 4 is 0 Å². The molecule has 0 N–H and O–H groups in total. The molecule has 0 bridgehead atoms. The Bertz CT molecular complexity index is 797. The van der Waals surface area contributed by atoms with Gasteiger partial charge in [0, 0.05) is 11.3 Å². The average molecular weight is 314 g/mol. The van der Waals surface area contributed by atoms with Crippen LogP contribution < -0.4 is 0 Å². The minimum absolute atomic E-state index is 0.187. The molecule has 122 valence electrons. The molecule has 0 saturated carbocycles. The first-order valence-electron chi connectivity index (χ1n) is 9.29. The third-order valence-electron chi connectivity index (χ3n) is 6.00. The van der Waals surface area contributed by atoms with Crippen molar-refractivity contribution < 1.29 is 0 Å². The second kappa shape index (κ2) is 6.09. The van der Waals surface area contributed by atoms with Gasteiger partial charge in [0.05, 0.1) is 0 Å². The van der Waals surface area contributed by atoms with E-state index in [1.54, 1.807) is 11.1 Å². The summed E-state index contributed by atoms with van der Waals surface area (Å²) in [5.41, 5.74) is 7.68. The van der Waals surface area contributed by atoms with Crippen molar-refractivity contribution in [1.29, 1.82) is 0 Å². The zero-order valence-electron chi connectivity index (χ0n) is 14.8. The summed E-state index contributed by atoms with van der Waals surface area (Å²) in [6.45, 7) is 4.78. The lowest BCUT2D eigenvalue weighted by molar-refractivity contribution is 0.359. The molecular weight excluding hydrogens is 288 g/mol. The van der Waals surface area contributed by atoms with E-state index in [0.29, 0.717) is 5.92 Å². The van der Waals surface area contributed by atoms with Crippen LogP contribution in [0, 0.1) is 5.92 Å². The Labute approximate surface area is 145 Å². The highest BCUT2D eigenvalue weighted by molar-refractivity contribution is 5.78. The molecule has 24 heavy (non-hydrogen) atoms. The van der Waals surface area contributed by atoms with Crippen LogP contribution in [0.1, 0.15) is 49.8 Å². The van der Waals surface area contributed by atoms with E-state index < -0.39 is 0 Å². The van der Waals surface area contributed by atoms with Crippen LogP contribution in [-0.2, 0) is 11.8 Å². The molecule has 1 atom stereocenters. The average Bonchev–Trinajstić information content (AvgIpc) is 3.27. The van der Waals surface area contributed by atoms with E-state index in [1.807, 2.05) is 0 Å². The van der Waals surface area contributed by atoms with Gasteiger partial charge in [-0.15, -0.1) is 0 Å². The van der Waals surface area contributed by atoms with Gasteiger partial charge in [-0.1, -0.05) is 93.5 Å². The van der Waals surface area contributed by atoms with Gasteiger partial charge in [0.25, 0.3) is 0 Å². The summed E-state index contributed by atoms with van der Waals surface area (Å²) in [5, 5.41) is 0. The van der Waals surface area contributed by atoms with Crippen molar-refractivity contribution in [3.63, 3.8) is 0 Å². The van der Waals surface area contributed by atoms with E-state index in [4.69, 9.17) is 0 Å². The minimum Gasteiger partial charge on any atom is -0.0767 e. The van der Waals surface area contributed by atoms with Crippen LogP contribution in [0.25, 0.3) is 11.1 Å². The molecule has 0 heteroatoms. The SMILES string of the molecule is CCCCC(C)(c1cccc2c1Cc1ccccc1-2)C1C=CC=C1. The molecule has 2 aromatic carbocycles. The van der Waals surface area contributed by atoms with Crippen LogP contribution in [0.5, 0.6) is 0 Å². The first-order valence-corrected chi connectivity index (χ1v) is 9.29. The predicted molar refractivity (Wildman–Crippen MR) is 103 cm³/mol. The molecule has 0 saturated heterocycles. The van der Waals surface area contributed by atoms with E-state index in [-0.39, 0.29) is 5.41 Å². The van der Waals surface area contributed by atoms with E-state index >= 15 is 0 Å². The smallest absolute Gasteiger partial charge is 0.00472 e. The highest BCUT2D eigenvalue weighted by Gasteiger charge is 2.36. The largest absolute Gasteiger partial charge is 0.0767 e. The fourth-order valence-corrected chi connectivity index (χ4v) is 4.57. The van der Waals surface area contributed by atoms with Gasteiger partial charge in [0.15, 0.2) is 0 Å². The molecule has 0 heterocycles. The normalized spacial score (nSPS) is 17.8. The molecule has 1 unspecified atom stereocenters. The number of benzene rings is 2. The van der Waals surface area contributed by atoms with E-state index in [1.165, 1.54) is 36.0 Å². The standard InChI is InChI=1S/C24H26/c1-3-4-16-24(2,19-11-6-7-12-19)23-15-9-14-21-20-13-8-5-10-18(20)17-22(21)23/h5-15,19H,3-4,16-17H2,1-2H3. The number of hydrogen-bond acceptors (Lipinski definition) is 0. The Hall–Kier alpha value is -2.08. The fraction of sp³-hybridized carbons (Fsp3) is 0.333. The summed E-state index contributed by atoms with van der Waals surface area (Å²) in [6.07, 6.45) is 14.1. The van der Waals surface area contributed by atoms with Gasteiger partial charge in [-0.25, -0.2) is 0 Å². The molecule has 0 amide bonds. The monoisotopic (exact) mass is 314 g/mol. The summed E-state index contributed by atoms with van der Waals surface area (Å²) in [7, 11) is 0. The maximum absolute atomic E-state index is 2.48. The minimum atomic E-state index is 0.187. The summed E-state index contributed by atoms with van der Waals surface area (Å²) in [5.74, 6) is 0.513. The van der Waals surface area contributed by atoms with Crippen LogP contribution in [0.15, 0.2) is 66.8 Å². The molecule has 0 radical (unpaired) electrons. The molecule has 0 spiro atoms. The Morgan fingerprint density at radius 2 is 1.71 bits per heavy atom.